The average Bonchev–Trinajstić information content (AvgIpc) is 3.22. The monoisotopic (exact) mass is 293 g/mol. The van der Waals surface area contributed by atoms with E-state index in [9.17, 15) is 5.26 Å². The maximum atomic E-state index is 9.57. The van der Waals surface area contributed by atoms with Gasteiger partial charge in [0.05, 0.1) is 12.7 Å². The zero-order chi connectivity index (χ0) is 15.1. The first-order valence-corrected chi connectivity index (χ1v) is 8.62. The molecule has 120 valence electrons. The summed E-state index contributed by atoms with van der Waals surface area (Å²) in [5, 5.41) is 13.0. The first-order chi connectivity index (χ1) is 10.2. The molecule has 0 aromatic heterocycles. The van der Waals surface area contributed by atoms with Crippen molar-refractivity contribution in [1.82, 2.24) is 10.2 Å². The maximum absolute atomic E-state index is 9.57. The second-order valence-corrected chi connectivity index (χ2v) is 6.81. The minimum absolute atomic E-state index is 0.266. The summed E-state index contributed by atoms with van der Waals surface area (Å²) in [6.07, 6.45) is 7.21. The Morgan fingerprint density at radius 1 is 1.33 bits per heavy atom. The zero-order valence-electron chi connectivity index (χ0n) is 13.7. The Bertz CT molecular complexity index is 350. The van der Waals surface area contributed by atoms with Gasteiger partial charge in [-0.15, -0.1) is 0 Å². The van der Waals surface area contributed by atoms with Crippen molar-refractivity contribution in [3.05, 3.63) is 0 Å². The molecule has 2 saturated carbocycles. The van der Waals surface area contributed by atoms with E-state index in [2.05, 4.69) is 30.3 Å². The number of hydrogen-bond donors (Lipinski definition) is 1. The van der Waals surface area contributed by atoms with Crippen molar-refractivity contribution in [3.63, 3.8) is 0 Å². The van der Waals surface area contributed by atoms with Gasteiger partial charge in [0.2, 0.25) is 0 Å². The van der Waals surface area contributed by atoms with Gasteiger partial charge in [-0.2, -0.15) is 5.26 Å². The van der Waals surface area contributed by atoms with Crippen molar-refractivity contribution < 1.29 is 4.74 Å². The Hall–Kier alpha value is -0.630. The lowest BCUT2D eigenvalue weighted by Gasteiger charge is -2.30. The molecule has 1 N–H and O–H groups in total. The van der Waals surface area contributed by atoms with Crippen molar-refractivity contribution in [1.29, 1.82) is 5.26 Å². The standard InChI is InChI=1S/C17H31N3O/c1-3-19-17(14-18)9-4-5-16(17)8-10-20(2)11-12-21-13-15-6-7-15/h15-16,19H,3-13H2,1-2H3. The molecule has 2 fully saturated rings. The van der Waals surface area contributed by atoms with Gasteiger partial charge in [0.1, 0.15) is 5.54 Å². The van der Waals surface area contributed by atoms with Crippen LogP contribution in [0.4, 0.5) is 0 Å². The van der Waals surface area contributed by atoms with Crippen molar-refractivity contribution >= 4 is 0 Å². The lowest BCUT2D eigenvalue weighted by Crippen LogP contribution is -2.47. The van der Waals surface area contributed by atoms with Crippen LogP contribution in [0.1, 0.15) is 45.4 Å². The highest BCUT2D eigenvalue weighted by molar-refractivity contribution is 5.14. The molecule has 2 aliphatic rings. The smallest absolute Gasteiger partial charge is 0.109 e. The third-order valence-corrected chi connectivity index (χ3v) is 5.04. The van der Waals surface area contributed by atoms with Crippen LogP contribution in [0, 0.1) is 23.2 Å². The summed E-state index contributed by atoms with van der Waals surface area (Å²) in [5.41, 5.74) is -0.266. The van der Waals surface area contributed by atoms with E-state index in [1.165, 1.54) is 25.7 Å². The number of hydrogen-bond acceptors (Lipinski definition) is 4. The lowest BCUT2D eigenvalue weighted by atomic mass is 9.85. The summed E-state index contributed by atoms with van der Waals surface area (Å²) in [7, 11) is 2.16. The van der Waals surface area contributed by atoms with Crippen LogP contribution in [0.5, 0.6) is 0 Å². The summed E-state index contributed by atoms with van der Waals surface area (Å²) in [6, 6.07) is 2.57. The molecule has 0 spiro atoms. The Morgan fingerprint density at radius 2 is 2.14 bits per heavy atom. The van der Waals surface area contributed by atoms with Gasteiger partial charge in [0.25, 0.3) is 0 Å². The van der Waals surface area contributed by atoms with Crippen LogP contribution in [0.2, 0.25) is 0 Å². The van der Waals surface area contributed by atoms with Gasteiger partial charge >= 0.3 is 0 Å². The molecule has 0 saturated heterocycles. The highest BCUT2D eigenvalue weighted by Gasteiger charge is 2.42. The SMILES string of the molecule is CCNC1(C#N)CCCC1CCN(C)CCOCC1CC1. The van der Waals surface area contributed by atoms with Crippen molar-refractivity contribution in [2.24, 2.45) is 11.8 Å². The molecule has 2 rings (SSSR count). The van der Waals surface area contributed by atoms with E-state index < -0.39 is 0 Å². The van der Waals surface area contributed by atoms with E-state index in [-0.39, 0.29) is 5.54 Å². The second-order valence-electron chi connectivity index (χ2n) is 6.81. The fraction of sp³-hybridized carbons (Fsp3) is 0.941. The maximum Gasteiger partial charge on any atom is 0.109 e. The van der Waals surface area contributed by atoms with Crippen LogP contribution in [-0.4, -0.2) is 50.3 Å². The quantitative estimate of drug-likeness (QED) is 0.628. The minimum Gasteiger partial charge on any atom is -0.380 e. The van der Waals surface area contributed by atoms with Crippen LogP contribution in [0.15, 0.2) is 0 Å². The predicted octanol–water partition coefficient (Wildman–Crippen LogP) is 2.41. The number of nitriles is 1. The largest absolute Gasteiger partial charge is 0.380 e. The number of nitrogens with one attached hydrogen (secondary N) is 1. The topological polar surface area (TPSA) is 48.3 Å². The minimum atomic E-state index is -0.266. The lowest BCUT2D eigenvalue weighted by molar-refractivity contribution is 0.101. The molecule has 0 aromatic carbocycles. The van der Waals surface area contributed by atoms with Crippen molar-refractivity contribution in [3.8, 4) is 6.07 Å². The fourth-order valence-corrected chi connectivity index (χ4v) is 3.45. The van der Waals surface area contributed by atoms with Gasteiger partial charge in [-0.1, -0.05) is 13.3 Å². The van der Waals surface area contributed by atoms with Crippen LogP contribution in [0.3, 0.4) is 0 Å². The first kappa shape index (κ1) is 16.7. The molecule has 4 heteroatoms. The summed E-state index contributed by atoms with van der Waals surface area (Å²) >= 11 is 0. The Balaban J connectivity index is 1.64. The van der Waals surface area contributed by atoms with E-state index in [0.29, 0.717) is 5.92 Å². The summed E-state index contributed by atoms with van der Waals surface area (Å²) in [6.45, 7) is 6.84. The van der Waals surface area contributed by atoms with E-state index >= 15 is 0 Å². The van der Waals surface area contributed by atoms with Gasteiger partial charge in [0, 0.05) is 13.2 Å². The van der Waals surface area contributed by atoms with Gasteiger partial charge in [0.15, 0.2) is 0 Å². The van der Waals surface area contributed by atoms with Gasteiger partial charge in [-0.05, 0) is 64.1 Å². The fourth-order valence-electron chi connectivity index (χ4n) is 3.45. The highest BCUT2D eigenvalue weighted by Crippen LogP contribution is 2.37. The molecule has 0 aliphatic heterocycles. The number of rotatable bonds is 10. The Labute approximate surface area is 129 Å². The van der Waals surface area contributed by atoms with E-state index in [4.69, 9.17) is 4.74 Å². The number of nitrogens with zero attached hydrogens (tertiary/aromatic N) is 2. The summed E-state index contributed by atoms with van der Waals surface area (Å²) in [5.74, 6) is 1.35. The molecule has 0 bridgehead atoms. The van der Waals surface area contributed by atoms with Crippen LogP contribution >= 0.6 is 0 Å². The van der Waals surface area contributed by atoms with Gasteiger partial charge in [-0.3, -0.25) is 5.32 Å². The van der Waals surface area contributed by atoms with E-state index in [1.807, 2.05) is 0 Å². The Kier molecular flexibility index (Phi) is 6.47. The molecule has 21 heavy (non-hydrogen) atoms. The summed E-state index contributed by atoms with van der Waals surface area (Å²) in [4.78, 5) is 2.35. The number of ether oxygens (including phenoxy) is 1. The molecule has 0 amide bonds. The van der Waals surface area contributed by atoms with Crippen LogP contribution in [0.25, 0.3) is 0 Å². The number of likely N-dealkylation sites (N-methyl/N-ethyl adjacent to an activating group) is 1. The van der Waals surface area contributed by atoms with Crippen LogP contribution < -0.4 is 5.32 Å². The molecule has 4 nitrogen and oxygen atoms in total. The van der Waals surface area contributed by atoms with E-state index in [0.717, 1.165) is 51.6 Å². The van der Waals surface area contributed by atoms with Gasteiger partial charge in [-0.25, -0.2) is 0 Å². The Morgan fingerprint density at radius 3 is 2.81 bits per heavy atom. The molecule has 2 unspecified atom stereocenters. The molecule has 0 heterocycles. The molecular weight excluding hydrogens is 262 g/mol. The highest BCUT2D eigenvalue weighted by atomic mass is 16.5. The summed E-state index contributed by atoms with van der Waals surface area (Å²) < 4.78 is 5.69. The second kappa shape index (κ2) is 8.12. The van der Waals surface area contributed by atoms with Crippen molar-refractivity contribution in [2.75, 3.05) is 39.9 Å². The van der Waals surface area contributed by atoms with Gasteiger partial charge < -0.3 is 9.64 Å². The average molecular weight is 293 g/mol. The molecular formula is C17H31N3O. The zero-order valence-corrected chi connectivity index (χ0v) is 13.7. The molecule has 2 atom stereocenters. The molecule has 2 aliphatic carbocycles. The third-order valence-electron chi connectivity index (χ3n) is 5.04. The predicted molar refractivity (Wildman–Crippen MR) is 85.0 cm³/mol. The molecule has 0 radical (unpaired) electrons. The first-order valence-electron chi connectivity index (χ1n) is 8.62. The van der Waals surface area contributed by atoms with Crippen molar-refractivity contribution in [2.45, 2.75) is 51.0 Å². The van der Waals surface area contributed by atoms with Crippen LogP contribution in [-0.2, 0) is 4.74 Å². The van der Waals surface area contributed by atoms with E-state index in [1.54, 1.807) is 0 Å². The normalized spacial score (nSPS) is 29.0. The molecule has 0 aromatic rings. The third kappa shape index (κ3) is 4.95.